The predicted octanol–water partition coefficient (Wildman–Crippen LogP) is 3.26. The largest absolute Gasteiger partial charge is 0.378 e. The van der Waals surface area contributed by atoms with Gasteiger partial charge in [0.1, 0.15) is 0 Å². The summed E-state index contributed by atoms with van der Waals surface area (Å²) in [5.41, 5.74) is 3.04. The molecule has 21 heavy (non-hydrogen) atoms. The van der Waals surface area contributed by atoms with Crippen molar-refractivity contribution >= 4 is 11.4 Å². The SMILES string of the molecule is CN(C)c1cccc(N2CCCNC3(CCCCC3)C2)c1. The van der Waals surface area contributed by atoms with E-state index >= 15 is 0 Å². The third kappa shape index (κ3) is 3.34. The molecule has 1 heterocycles. The highest BCUT2D eigenvalue weighted by Crippen LogP contribution is 2.32. The number of hydrogen-bond acceptors (Lipinski definition) is 3. The molecule has 3 nitrogen and oxygen atoms in total. The number of hydrogen-bond donors (Lipinski definition) is 1. The van der Waals surface area contributed by atoms with Gasteiger partial charge in [-0.25, -0.2) is 0 Å². The third-order valence-corrected chi connectivity index (χ3v) is 5.12. The van der Waals surface area contributed by atoms with Gasteiger partial charge in [-0.15, -0.1) is 0 Å². The Morgan fingerprint density at radius 1 is 1.10 bits per heavy atom. The molecule has 116 valence electrons. The van der Waals surface area contributed by atoms with Gasteiger partial charge in [-0.3, -0.25) is 0 Å². The Morgan fingerprint density at radius 2 is 1.90 bits per heavy atom. The summed E-state index contributed by atoms with van der Waals surface area (Å²) < 4.78 is 0. The van der Waals surface area contributed by atoms with Gasteiger partial charge in [-0.1, -0.05) is 25.3 Å². The van der Waals surface area contributed by atoms with Gasteiger partial charge in [0.2, 0.25) is 0 Å². The van der Waals surface area contributed by atoms with E-state index in [1.54, 1.807) is 0 Å². The summed E-state index contributed by atoms with van der Waals surface area (Å²) in [7, 11) is 4.23. The van der Waals surface area contributed by atoms with Crippen LogP contribution in [0.25, 0.3) is 0 Å². The van der Waals surface area contributed by atoms with Crippen molar-refractivity contribution in [2.75, 3.05) is 43.5 Å². The molecule has 1 aliphatic heterocycles. The van der Waals surface area contributed by atoms with Crippen LogP contribution in [0.1, 0.15) is 38.5 Å². The van der Waals surface area contributed by atoms with Crippen LogP contribution in [0.15, 0.2) is 24.3 Å². The average molecular weight is 287 g/mol. The molecule has 1 aromatic rings. The average Bonchev–Trinajstić information content (AvgIpc) is 2.71. The van der Waals surface area contributed by atoms with E-state index in [0.717, 1.165) is 0 Å². The first-order chi connectivity index (χ1) is 10.2. The molecule has 0 aromatic heterocycles. The summed E-state index contributed by atoms with van der Waals surface area (Å²) in [6.07, 6.45) is 8.12. The Labute approximate surface area is 129 Å². The van der Waals surface area contributed by atoms with Crippen molar-refractivity contribution in [3.8, 4) is 0 Å². The number of anilines is 2. The van der Waals surface area contributed by atoms with Crippen LogP contribution in [0.3, 0.4) is 0 Å². The summed E-state index contributed by atoms with van der Waals surface area (Å²) in [5.74, 6) is 0. The maximum atomic E-state index is 3.88. The summed E-state index contributed by atoms with van der Waals surface area (Å²) in [5, 5.41) is 3.88. The van der Waals surface area contributed by atoms with E-state index in [0.29, 0.717) is 5.54 Å². The van der Waals surface area contributed by atoms with Gasteiger partial charge in [0.05, 0.1) is 0 Å². The molecule has 1 saturated heterocycles. The minimum Gasteiger partial charge on any atom is -0.378 e. The molecule has 2 aliphatic rings. The van der Waals surface area contributed by atoms with Crippen molar-refractivity contribution in [1.82, 2.24) is 5.32 Å². The van der Waals surface area contributed by atoms with Gasteiger partial charge in [-0.05, 0) is 44.0 Å². The fraction of sp³-hybridized carbons (Fsp3) is 0.667. The minimum absolute atomic E-state index is 0.364. The van der Waals surface area contributed by atoms with Gasteiger partial charge in [0.25, 0.3) is 0 Å². The smallest absolute Gasteiger partial charge is 0.0387 e. The molecule has 0 atom stereocenters. The molecule has 3 heteroatoms. The Kier molecular flexibility index (Phi) is 4.39. The second kappa shape index (κ2) is 6.27. The van der Waals surface area contributed by atoms with Crippen LogP contribution in [0.2, 0.25) is 0 Å². The molecule has 1 saturated carbocycles. The van der Waals surface area contributed by atoms with Crippen LogP contribution in [0.5, 0.6) is 0 Å². The van der Waals surface area contributed by atoms with Gasteiger partial charge in [0, 0.05) is 44.1 Å². The molecular formula is C18H29N3. The van der Waals surface area contributed by atoms with E-state index in [1.165, 1.54) is 69.5 Å². The number of rotatable bonds is 2. The summed E-state index contributed by atoms with van der Waals surface area (Å²) >= 11 is 0. The van der Waals surface area contributed by atoms with E-state index in [1.807, 2.05) is 0 Å². The van der Waals surface area contributed by atoms with Crippen molar-refractivity contribution < 1.29 is 0 Å². The Bertz CT molecular complexity index is 463. The van der Waals surface area contributed by atoms with E-state index < -0.39 is 0 Å². The molecule has 2 fully saturated rings. The number of nitrogens with one attached hydrogen (secondary N) is 1. The quantitative estimate of drug-likeness (QED) is 0.901. The van der Waals surface area contributed by atoms with Crippen molar-refractivity contribution in [1.29, 1.82) is 0 Å². The first-order valence-electron chi connectivity index (χ1n) is 8.46. The van der Waals surface area contributed by atoms with Crippen molar-refractivity contribution in [2.45, 2.75) is 44.1 Å². The summed E-state index contributed by atoms with van der Waals surface area (Å²) in [6.45, 7) is 3.51. The zero-order chi connectivity index (χ0) is 14.7. The van der Waals surface area contributed by atoms with E-state index in [-0.39, 0.29) is 0 Å². The van der Waals surface area contributed by atoms with Crippen LogP contribution in [0, 0.1) is 0 Å². The van der Waals surface area contributed by atoms with Crippen LogP contribution in [-0.2, 0) is 0 Å². The van der Waals surface area contributed by atoms with Crippen LogP contribution < -0.4 is 15.1 Å². The van der Waals surface area contributed by atoms with Crippen LogP contribution >= 0.6 is 0 Å². The number of nitrogens with zero attached hydrogens (tertiary/aromatic N) is 2. The second-order valence-corrected chi connectivity index (χ2v) is 6.96. The summed E-state index contributed by atoms with van der Waals surface area (Å²) in [6, 6.07) is 8.99. The molecule has 1 aliphatic carbocycles. The topological polar surface area (TPSA) is 18.5 Å². The van der Waals surface area contributed by atoms with E-state index in [9.17, 15) is 0 Å². The third-order valence-electron chi connectivity index (χ3n) is 5.12. The second-order valence-electron chi connectivity index (χ2n) is 6.96. The molecule has 3 rings (SSSR count). The van der Waals surface area contributed by atoms with Crippen molar-refractivity contribution in [3.63, 3.8) is 0 Å². The highest BCUT2D eigenvalue weighted by molar-refractivity contribution is 5.59. The fourth-order valence-electron chi connectivity index (χ4n) is 3.88. The minimum atomic E-state index is 0.364. The van der Waals surface area contributed by atoms with Gasteiger partial charge >= 0.3 is 0 Å². The molecule has 0 unspecified atom stereocenters. The molecule has 0 radical (unpaired) electrons. The summed E-state index contributed by atoms with van der Waals surface area (Å²) in [4.78, 5) is 4.80. The monoisotopic (exact) mass is 287 g/mol. The normalized spacial score (nSPS) is 22.1. The lowest BCUT2D eigenvalue weighted by Gasteiger charge is -2.40. The maximum Gasteiger partial charge on any atom is 0.0387 e. The van der Waals surface area contributed by atoms with Crippen LogP contribution in [-0.4, -0.2) is 39.3 Å². The zero-order valence-electron chi connectivity index (χ0n) is 13.6. The Hall–Kier alpha value is -1.22. The molecule has 1 aromatic carbocycles. The van der Waals surface area contributed by atoms with Gasteiger partial charge < -0.3 is 15.1 Å². The highest BCUT2D eigenvalue weighted by Gasteiger charge is 2.34. The standard InChI is InChI=1S/C18H29N3/c1-20(2)16-8-6-9-17(14-16)21-13-7-12-19-18(15-21)10-4-3-5-11-18/h6,8-9,14,19H,3-5,7,10-13,15H2,1-2H3. The van der Waals surface area contributed by atoms with E-state index in [4.69, 9.17) is 0 Å². The Morgan fingerprint density at radius 3 is 2.67 bits per heavy atom. The van der Waals surface area contributed by atoms with E-state index in [2.05, 4.69) is 53.5 Å². The van der Waals surface area contributed by atoms with Crippen LogP contribution in [0.4, 0.5) is 11.4 Å². The molecule has 1 spiro atoms. The first kappa shape index (κ1) is 14.7. The maximum absolute atomic E-state index is 3.88. The lowest BCUT2D eigenvalue weighted by Crippen LogP contribution is -2.52. The number of benzene rings is 1. The lowest BCUT2D eigenvalue weighted by molar-refractivity contribution is 0.246. The molecule has 1 N–H and O–H groups in total. The van der Waals surface area contributed by atoms with Crippen molar-refractivity contribution in [3.05, 3.63) is 24.3 Å². The first-order valence-corrected chi connectivity index (χ1v) is 8.46. The van der Waals surface area contributed by atoms with Gasteiger partial charge in [0.15, 0.2) is 0 Å². The highest BCUT2D eigenvalue weighted by atomic mass is 15.2. The molecular weight excluding hydrogens is 258 g/mol. The zero-order valence-corrected chi connectivity index (χ0v) is 13.6. The predicted molar refractivity (Wildman–Crippen MR) is 91.4 cm³/mol. The fourth-order valence-corrected chi connectivity index (χ4v) is 3.88. The van der Waals surface area contributed by atoms with Crippen molar-refractivity contribution in [2.24, 2.45) is 0 Å². The molecule has 0 amide bonds. The Balaban J connectivity index is 1.81. The lowest BCUT2D eigenvalue weighted by atomic mass is 9.81. The molecule has 0 bridgehead atoms. The van der Waals surface area contributed by atoms with Gasteiger partial charge in [-0.2, -0.15) is 0 Å².